The number of nitrogens with one attached hydrogen (secondary N) is 2. The summed E-state index contributed by atoms with van der Waals surface area (Å²) in [7, 11) is 0. The molecule has 0 radical (unpaired) electrons. The minimum absolute atomic E-state index is 0.201. The highest BCUT2D eigenvalue weighted by Crippen LogP contribution is 2.17. The molecule has 2 N–H and O–H groups in total. The molecule has 0 fully saturated rings. The molecular weight excluding hydrogens is 404 g/mol. The summed E-state index contributed by atoms with van der Waals surface area (Å²) in [5.74, 6) is -0.444. The molecule has 0 unspecified atom stereocenters. The number of carbonyl (C=O) groups excluding carboxylic acids is 2. The number of amides is 2. The lowest BCUT2D eigenvalue weighted by atomic mass is 10.2. The van der Waals surface area contributed by atoms with Crippen molar-refractivity contribution < 1.29 is 9.59 Å². The summed E-state index contributed by atoms with van der Waals surface area (Å²) in [5, 5.41) is 5.60. The Balaban J connectivity index is 1.59. The normalized spacial score (nSPS) is 10.6. The van der Waals surface area contributed by atoms with E-state index in [1.54, 1.807) is 30.3 Å². The molecule has 0 saturated carbocycles. The highest BCUT2D eigenvalue weighted by Gasteiger charge is 2.06. The van der Waals surface area contributed by atoms with Crippen LogP contribution in [0, 0.1) is 0 Å². The smallest absolute Gasteiger partial charge is 0.255 e. The van der Waals surface area contributed by atoms with Crippen LogP contribution in [0.1, 0.15) is 15.9 Å². The Kier molecular flexibility index (Phi) is 6.18. The van der Waals surface area contributed by atoms with E-state index >= 15 is 0 Å². The fourth-order valence-electron chi connectivity index (χ4n) is 2.39. The van der Waals surface area contributed by atoms with Crippen molar-refractivity contribution in [2.24, 2.45) is 0 Å². The standard InChI is InChI=1S/C22H17BrN2O2/c23-20-9-5-4-6-16(20)12-15-21(26)24-19-13-10-17(11-14-19)22(27)25-18-7-2-1-3-8-18/h1-15H,(H,24,26)(H,25,27)/b15-12+. The van der Waals surface area contributed by atoms with Crippen LogP contribution in [0.25, 0.3) is 6.08 Å². The molecule has 0 bridgehead atoms. The number of rotatable bonds is 5. The predicted octanol–water partition coefficient (Wildman–Crippen LogP) is 5.35. The van der Waals surface area contributed by atoms with Gasteiger partial charge in [-0.2, -0.15) is 0 Å². The third-order valence-electron chi connectivity index (χ3n) is 3.77. The molecule has 0 heterocycles. The lowest BCUT2D eigenvalue weighted by Gasteiger charge is -2.06. The van der Waals surface area contributed by atoms with E-state index in [0.717, 1.165) is 15.7 Å². The van der Waals surface area contributed by atoms with E-state index in [2.05, 4.69) is 26.6 Å². The fourth-order valence-corrected chi connectivity index (χ4v) is 2.81. The first-order chi connectivity index (χ1) is 13.1. The summed E-state index contributed by atoms with van der Waals surface area (Å²) < 4.78 is 0.919. The van der Waals surface area contributed by atoms with Crippen molar-refractivity contribution >= 4 is 45.2 Å². The highest BCUT2D eigenvalue weighted by atomic mass is 79.9. The van der Waals surface area contributed by atoms with Crippen LogP contribution in [0.15, 0.2) is 89.4 Å². The van der Waals surface area contributed by atoms with E-state index in [-0.39, 0.29) is 11.8 Å². The van der Waals surface area contributed by atoms with Gasteiger partial charge in [-0.25, -0.2) is 0 Å². The number of carbonyl (C=O) groups is 2. The second-order valence-corrected chi connectivity index (χ2v) is 6.60. The predicted molar refractivity (Wildman–Crippen MR) is 113 cm³/mol. The van der Waals surface area contributed by atoms with E-state index in [1.165, 1.54) is 6.08 Å². The van der Waals surface area contributed by atoms with Crippen LogP contribution >= 0.6 is 15.9 Å². The van der Waals surface area contributed by atoms with Crippen molar-refractivity contribution in [1.29, 1.82) is 0 Å². The Hall–Kier alpha value is -3.18. The summed E-state index contributed by atoms with van der Waals surface area (Å²) in [5.41, 5.74) is 2.78. The summed E-state index contributed by atoms with van der Waals surface area (Å²) in [6.45, 7) is 0. The van der Waals surface area contributed by atoms with Crippen molar-refractivity contribution in [2.45, 2.75) is 0 Å². The Morgan fingerprint density at radius 1 is 0.741 bits per heavy atom. The van der Waals surface area contributed by atoms with Gasteiger partial charge in [0.05, 0.1) is 0 Å². The minimum Gasteiger partial charge on any atom is -0.323 e. The summed E-state index contributed by atoms with van der Waals surface area (Å²) in [6.07, 6.45) is 3.21. The molecule has 0 aromatic heterocycles. The van der Waals surface area contributed by atoms with Crippen LogP contribution in [0.3, 0.4) is 0 Å². The molecule has 5 heteroatoms. The molecule has 4 nitrogen and oxygen atoms in total. The molecule has 134 valence electrons. The maximum absolute atomic E-state index is 12.2. The van der Waals surface area contributed by atoms with Crippen LogP contribution in [0.4, 0.5) is 11.4 Å². The van der Waals surface area contributed by atoms with Crippen molar-refractivity contribution in [3.8, 4) is 0 Å². The Bertz CT molecular complexity index is 967. The Labute approximate surface area is 166 Å². The number of hydrogen-bond acceptors (Lipinski definition) is 2. The van der Waals surface area contributed by atoms with Gasteiger partial charge in [-0.05, 0) is 54.1 Å². The zero-order valence-corrected chi connectivity index (χ0v) is 15.9. The van der Waals surface area contributed by atoms with E-state index in [0.29, 0.717) is 11.3 Å². The zero-order valence-electron chi connectivity index (χ0n) is 14.4. The molecule has 0 aliphatic heterocycles. The summed E-state index contributed by atoms with van der Waals surface area (Å²) in [6, 6.07) is 23.6. The van der Waals surface area contributed by atoms with Gasteiger partial charge in [0.25, 0.3) is 5.91 Å². The lowest BCUT2D eigenvalue weighted by molar-refractivity contribution is -0.111. The molecule has 0 atom stereocenters. The molecule has 3 rings (SSSR count). The molecule has 2 amide bonds. The van der Waals surface area contributed by atoms with Gasteiger partial charge in [-0.1, -0.05) is 52.3 Å². The maximum Gasteiger partial charge on any atom is 0.255 e. The number of anilines is 2. The quantitative estimate of drug-likeness (QED) is 0.546. The largest absolute Gasteiger partial charge is 0.323 e. The van der Waals surface area contributed by atoms with Crippen LogP contribution < -0.4 is 10.6 Å². The molecule has 0 aliphatic carbocycles. The van der Waals surface area contributed by atoms with Gasteiger partial charge in [0, 0.05) is 27.5 Å². The average molecular weight is 421 g/mol. The molecule has 3 aromatic carbocycles. The van der Waals surface area contributed by atoms with Crippen molar-refractivity contribution in [1.82, 2.24) is 0 Å². The second-order valence-electron chi connectivity index (χ2n) is 5.74. The zero-order chi connectivity index (χ0) is 19.1. The number of hydrogen-bond donors (Lipinski definition) is 2. The topological polar surface area (TPSA) is 58.2 Å². The molecule has 3 aromatic rings. The molecular formula is C22H17BrN2O2. The lowest BCUT2D eigenvalue weighted by Crippen LogP contribution is -2.12. The van der Waals surface area contributed by atoms with Crippen molar-refractivity contribution in [3.63, 3.8) is 0 Å². The van der Waals surface area contributed by atoms with Gasteiger partial charge in [-0.15, -0.1) is 0 Å². The van der Waals surface area contributed by atoms with Crippen molar-refractivity contribution in [2.75, 3.05) is 10.6 Å². The monoisotopic (exact) mass is 420 g/mol. The van der Waals surface area contributed by atoms with Crippen molar-refractivity contribution in [3.05, 3.63) is 101 Å². The summed E-state index contributed by atoms with van der Waals surface area (Å²) >= 11 is 3.44. The average Bonchev–Trinajstić information content (AvgIpc) is 2.69. The van der Waals surface area contributed by atoms with Gasteiger partial charge in [0.2, 0.25) is 5.91 Å². The maximum atomic E-state index is 12.2. The van der Waals surface area contributed by atoms with E-state index in [1.807, 2.05) is 54.6 Å². The van der Waals surface area contributed by atoms with Crippen LogP contribution in [-0.2, 0) is 4.79 Å². The van der Waals surface area contributed by atoms with Gasteiger partial charge in [0.1, 0.15) is 0 Å². The third-order valence-corrected chi connectivity index (χ3v) is 4.49. The second kappa shape index (κ2) is 8.96. The van der Waals surface area contributed by atoms with E-state index in [4.69, 9.17) is 0 Å². The summed E-state index contributed by atoms with van der Waals surface area (Å²) in [4.78, 5) is 24.3. The number of para-hydroxylation sites is 1. The molecule has 27 heavy (non-hydrogen) atoms. The number of benzene rings is 3. The van der Waals surface area contributed by atoms with E-state index < -0.39 is 0 Å². The Morgan fingerprint density at radius 3 is 2.07 bits per heavy atom. The van der Waals surface area contributed by atoms with Gasteiger partial charge in [-0.3, -0.25) is 9.59 Å². The van der Waals surface area contributed by atoms with Crippen LogP contribution in [0.2, 0.25) is 0 Å². The first kappa shape index (κ1) is 18.6. The number of halogens is 1. The van der Waals surface area contributed by atoms with Gasteiger partial charge < -0.3 is 10.6 Å². The first-order valence-electron chi connectivity index (χ1n) is 8.32. The fraction of sp³-hybridized carbons (Fsp3) is 0. The van der Waals surface area contributed by atoms with Crippen LogP contribution in [0.5, 0.6) is 0 Å². The molecule has 0 saturated heterocycles. The van der Waals surface area contributed by atoms with Gasteiger partial charge in [0.15, 0.2) is 0 Å². The molecule has 0 aliphatic rings. The Morgan fingerprint density at radius 2 is 1.37 bits per heavy atom. The van der Waals surface area contributed by atoms with E-state index in [9.17, 15) is 9.59 Å². The minimum atomic E-state index is -0.243. The SMILES string of the molecule is O=C(/C=C/c1ccccc1Br)Nc1ccc(C(=O)Nc2ccccc2)cc1. The third kappa shape index (κ3) is 5.39. The molecule has 0 spiro atoms. The van der Waals surface area contributed by atoms with Crippen LogP contribution in [-0.4, -0.2) is 11.8 Å². The first-order valence-corrected chi connectivity index (χ1v) is 9.11. The highest BCUT2D eigenvalue weighted by molar-refractivity contribution is 9.10. The van der Waals surface area contributed by atoms with Gasteiger partial charge >= 0.3 is 0 Å².